The molecule has 0 aliphatic heterocycles. The standard InChI is InChI=1S/C14H19F3N2S2/c1-9(13(2,3)4)18-12(20)19-10-5-7-11(8-6-10)21-14(15,16)17/h5-9H,1-4H3,(H2,18,19,20). The molecule has 0 saturated heterocycles. The van der Waals surface area contributed by atoms with E-state index in [4.69, 9.17) is 12.2 Å². The van der Waals surface area contributed by atoms with Crippen molar-refractivity contribution in [1.82, 2.24) is 5.32 Å². The van der Waals surface area contributed by atoms with Crippen molar-refractivity contribution in [2.24, 2.45) is 5.41 Å². The number of rotatable bonds is 3. The van der Waals surface area contributed by atoms with Crippen molar-refractivity contribution >= 4 is 34.8 Å². The van der Waals surface area contributed by atoms with E-state index in [0.717, 1.165) is 0 Å². The zero-order valence-electron chi connectivity index (χ0n) is 12.3. The van der Waals surface area contributed by atoms with Gasteiger partial charge < -0.3 is 10.6 Å². The molecule has 1 rings (SSSR count). The molecule has 1 atom stereocenters. The zero-order valence-corrected chi connectivity index (χ0v) is 14.0. The van der Waals surface area contributed by atoms with Crippen molar-refractivity contribution < 1.29 is 13.2 Å². The van der Waals surface area contributed by atoms with Crippen molar-refractivity contribution in [2.45, 2.75) is 44.1 Å². The van der Waals surface area contributed by atoms with E-state index in [0.29, 0.717) is 10.8 Å². The number of benzene rings is 1. The Morgan fingerprint density at radius 1 is 1.14 bits per heavy atom. The van der Waals surface area contributed by atoms with Gasteiger partial charge in [0.05, 0.1) is 0 Å². The molecule has 0 heterocycles. The molecule has 0 amide bonds. The molecule has 0 saturated carbocycles. The van der Waals surface area contributed by atoms with Crippen LogP contribution in [-0.4, -0.2) is 16.7 Å². The van der Waals surface area contributed by atoms with Crippen LogP contribution in [0.1, 0.15) is 27.7 Å². The third-order valence-corrected chi connectivity index (χ3v) is 3.95. The van der Waals surface area contributed by atoms with Crippen molar-refractivity contribution in [3.8, 4) is 0 Å². The molecule has 0 aliphatic rings. The average Bonchev–Trinajstić information content (AvgIpc) is 2.28. The Bertz CT molecular complexity index is 478. The van der Waals surface area contributed by atoms with Crippen LogP contribution in [0.2, 0.25) is 0 Å². The molecule has 7 heteroatoms. The van der Waals surface area contributed by atoms with E-state index in [-0.39, 0.29) is 28.1 Å². The van der Waals surface area contributed by atoms with E-state index in [1.165, 1.54) is 12.1 Å². The summed E-state index contributed by atoms with van der Waals surface area (Å²) in [5.41, 5.74) is -3.56. The number of alkyl halides is 3. The molecule has 0 fully saturated rings. The fourth-order valence-electron chi connectivity index (χ4n) is 1.32. The molecule has 21 heavy (non-hydrogen) atoms. The molecule has 0 bridgehead atoms. The third kappa shape index (κ3) is 7.04. The largest absolute Gasteiger partial charge is 0.446 e. The van der Waals surface area contributed by atoms with Crippen LogP contribution in [0, 0.1) is 5.41 Å². The number of thiocarbonyl (C=S) groups is 1. The summed E-state index contributed by atoms with van der Waals surface area (Å²) in [4.78, 5) is 0.148. The molecule has 1 unspecified atom stereocenters. The van der Waals surface area contributed by atoms with Gasteiger partial charge in [0.15, 0.2) is 5.11 Å². The van der Waals surface area contributed by atoms with Crippen LogP contribution in [0.5, 0.6) is 0 Å². The summed E-state index contributed by atoms with van der Waals surface area (Å²) in [6, 6.07) is 6.14. The van der Waals surface area contributed by atoms with Crippen LogP contribution in [0.15, 0.2) is 29.2 Å². The molecular weight excluding hydrogens is 317 g/mol. The summed E-state index contributed by atoms with van der Waals surface area (Å²) >= 11 is 5.06. The van der Waals surface area contributed by atoms with Crippen molar-refractivity contribution in [1.29, 1.82) is 0 Å². The maximum Gasteiger partial charge on any atom is 0.446 e. The lowest BCUT2D eigenvalue weighted by molar-refractivity contribution is -0.0328. The van der Waals surface area contributed by atoms with Crippen LogP contribution in [0.25, 0.3) is 0 Å². The Balaban J connectivity index is 2.58. The van der Waals surface area contributed by atoms with Gasteiger partial charge in [-0.25, -0.2) is 0 Å². The van der Waals surface area contributed by atoms with Gasteiger partial charge in [0, 0.05) is 16.6 Å². The maximum absolute atomic E-state index is 12.2. The summed E-state index contributed by atoms with van der Waals surface area (Å²) < 4.78 is 36.7. The van der Waals surface area contributed by atoms with Crippen molar-refractivity contribution in [3.63, 3.8) is 0 Å². The molecule has 2 N–H and O–H groups in total. The topological polar surface area (TPSA) is 24.1 Å². The Morgan fingerprint density at radius 3 is 2.10 bits per heavy atom. The highest BCUT2D eigenvalue weighted by molar-refractivity contribution is 8.00. The van der Waals surface area contributed by atoms with E-state index < -0.39 is 5.51 Å². The molecule has 2 nitrogen and oxygen atoms in total. The van der Waals surface area contributed by atoms with Crippen LogP contribution in [0.4, 0.5) is 18.9 Å². The molecule has 1 aromatic carbocycles. The summed E-state index contributed by atoms with van der Waals surface area (Å²) in [6.07, 6.45) is 0. The van der Waals surface area contributed by atoms with Gasteiger partial charge in [-0.05, 0) is 60.6 Å². The van der Waals surface area contributed by atoms with Crippen LogP contribution in [-0.2, 0) is 0 Å². The summed E-state index contributed by atoms with van der Waals surface area (Å²) in [6.45, 7) is 8.31. The second-order valence-electron chi connectivity index (χ2n) is 5.76. The lowest BCUT2D eigenvalue weighted by atomic mass is 9.88. The van der Waals surface area contributed by atoms with Gasteiger partial charge in [0.2, 0.25) is 0 Å². The fraction of sp³-hybridized carbons (Fsp3) is 0.500. The van der Waals surface area contributed by atoms with E-state index in [2.05, 4.69) is 31.4 Å². The van der Waals surface area contributed by atoms with Crippen molar-refractivity contribution in [2.75, 3.05) is 5.32 Å². The SMILES string of the molecule is CC(NC(=S)Nc1ccc(SC(F)(F)F)cc1)C(C)(C)C. The Labute approximate surface area is 132 Å². The monoisotopic (exact) mass is 336 g/mol. The van der Waals surface area contributed by atoms with Crippen LogP contribution >= 0.6 is 24.0 Å². The first-order valence-electron chi connectivity index (χ1n) is 6.41. The predicted octanol–water partition coefficient (Wildman–Crippen LogP) is 5.02. The zero-order chi connectivity index (χ0) is 16.3. The van der Waals surface area contributed by atoms with Gasteiger partial charge in [0.1, 0.15) is 0 Å². The van der Waals surface area contributed by atoms with Gasteiger partial charge in [-0.2, -0.15) is 13.2 Å². The molecular formula is C14H19F3N2S2. The second-order valence-corrected chi connectivity index (χ2v) is 7.31. The Morgan fingerprint density at radius 2 is 1.67 bits per heavy atom. The number of halogens is 3. The highest BCUT2D eigenvalue weighted by atomic mass is 32.2. The lowest BCUT2D eigenvalue weighted by Gasteiger charge is -2.29. The van der Waals surface area contributed by atoms with Gasteiger partial charge in [-0.15, -0.1) is 0 Å². The normalized spacial score (nSPS) is 13.7. The Hall–Kier alpha value is -0.950. The van der Waals surface area contributed by atoms with Gasteiger partial charge >= 0.3 is 5.51 Å². The lowest BCUT2D eigenvalue weighted by Crippen LogP contribution is -2.43. The third-order valence-electron chi connectivity index (χ3n) is 2.99. The molecule has 0 aliphatic carbocycles. The first kappa shape index (κ1) is 18.1. The first-order valence-corrected chi connectivity index (χ1v) is 7.63. The van der Waals surface area contributed by atoms with Crippen LogP contribution < -0.4 is 10.6 Å². The number of hydrogen-bond acceptors (Lipinski definition) is 2. The van der Waals surface area contributed by atoms with E-state index in [1.807, 2.05) is 6.92 Å². The fourth-order valence-corrected chi connectivity index (χ4v) is 2.15. The minimum atomic E-state index is -4.27. The van der Waals surface area contributed by atoms with Crippen LogP contribution in [0.3, 0.4) is 0 Å². The van der Waals surface area contributed by atoms with E-state index in [9.17, 15) is 13.2 Å². The summed E-state index contributed by atoms with van der Waals surface area (Å²) in [5, 5.41) is 6.57. The van der Waals surface area contributed by atoms with Crippen molar-refractivity contribution in [3.05, 3.63) is 24.3 Å². The van der Waals surface area contributed by atoms with E-state index in [1.54, 1.807) is 12.1 Å². The molecule has 118 valence electrons. The Kier molecular flexibility index (Phi) is 5.92. The minimum absolute atomic E-state index is 0.0545. The number of thioether (sulfide) groups is 1. The highest BCUT2D eigenvalue weighted by Gasteiger charge is 2.29. The summed E-state index contributed by atoms with van der Waals surface area (Å²) in [5.74, 6) is 0. The molecule has 0 spiro atoms. The van der Waals surface area contributed by atoms with E-state index >= 15 is 0 Å². The number of anilines is 1. The minimum Gasteiger partial charge on any atom is -0.359 e. The molecule has 1 aromatic rings. The molecule has 0 aromatic heterocycles. The first-order chi connectivity index (χ1) is 9.47. The smallest absolute Gasteiger partial charge is 0.359 e. The van der Waals surface area contributed by atoms with Gasteiger partial charge in [-0.3, -0.25) is 0 Å². The average molecular weight is 336 g/mol. The quantitative estimate of drug-likeness (QED) is 0.598. The van der Waals surface area contributed by atoms with Gasteiger partial charge in [0.25, 0.3) is 0 Å². The number of nitrogens with one attached hydrogen (secondary N) is 2. The number of hydrogen-bond donors (Lipinski definition) is 2. The highest BCUT2D eigenvalue weighted by Crippen LogP contribution is 2.37. The second kappa shape index (κ2) is 6.87. The predicted molar refractivity (Wildman–Crippen MR) is 86.6 cm³/mol. The molecule has 0 radical (unpaired) electrons. The maximum atomic E-state index is 12.2. The summed E-state index contributed by atoms with van der Waals surface area (Å²) in [7, 11) is 0. The van der Waals surface area contributed by atoms with Gasteiger partial charge in [-0.1, -0.05) is 20.8 Å².